The number of rotatable bonds is 6. The van der Waals surface area contributed by atoms with Crippen molar-refractivity contribution in [1.29, 1.82) is 0 Å². The van der Waals surface area contributed by atoms with Crippen molar-refractivity contribution in [3.8, 4) is 0 Å². The number of thiophene rings is 1. The van der Waals surface area contributed by atoms with E-state index in [-0.39, 0.29) is 20.0 Å². The fourth-order valence-electron chi connectivity index (χ4n) is 1.28. The Balaban J connectivity index is 3.00. The molecule has 0 aliphatic rings. The number of sulfonamides is 1. The number of nitrogens with one attached hydrogen (secondary N) is 1. The van der Waals surface area contributed by atoms with Gasteiger partial charge in [-0.3, -0.25) is 4.79 Å². The minimum Gasteiger partial charge on any atom is -0.480 e. The van der Waals surface area contributed by atoms with Gasteiger partial charge in [-0.15, -0.1) is 11.3 Å². The molecule has 18 heavy (non-hydrogen) atoms. The summed E-state index contributed by atoms with van der Waals surface area (Å²) in [6.45, 7) is 1.76. The van der Waals surface area contributed by atoms with Crippen LogP contribution in [0.4, 0.5) is 0 Å². The summed E-state index contributed by atoms with van der Waals surface area (Å²) < 4.78 is 26.2. The van der Waals surface area contributed by atoms with Gasteiger partial charge in [0.1, 0.15) is 15.3 Å². The lowest BCUT2D eigenvalue weighted by atomic mass is 10.2. The van der Waals surface area contributed by atoms with Crippen LogP contribution < -0.4 is 4.72 Å². The third kappa shape index (κ3) is 3.83. The first-order valence-electron chi connectivity index (χ1n) is 4.98. The van der Waals surface area contributed by atoms with E-state index >= 15 is 0 Å². The van der Waals surface area contributed by atoms with Crippen LogP contribution in [0, 0.1) is 0 Å². The predicted octanol–water partition coefficient (Wildman–Crippen LogP) is 2.59. The van der Waals surface area contributed by atoms with Crippen LogP contribution in [0.25, 0.3) is 0 Å². The Bertz CT molecular complexity index is 541. The van der Waals surface area contributed by atoms with Crippen molar-refractivity contribution < 1.29 is 18.3 Å². The molecule has 0 spiro atoms. The summed E-state index contributed by atoms with van der Waals surface area (Å²) >= 11 is 12.3. The maximum atomic E-state index is 11.9. The molecule has 0 amide bonds. The Morgan fingerprint density at radius 3 is 2.56 bits per heavy atom. The molecule has 0 unspecified atom stereocenters. The first kappa shape index (κ1) is 15.7. The Kier molecular flexibility index (Phi) is 5.42. The van der Waals surface area contributed by atoms with E-state index in [2.05, 4.69) is 4.72 Å². The van der Waals surface area contributed by atoms with Gasteiger partial charge >= 0.3 is 5.97 Å². The molecular weight excluding hydrogens is 321 g/mol. The largest absolute Gasteiger partial charge is 0.480 e. The van der Waals surface area contributed by atoms with Crippen LogP contribution in [0.1, 0.15) is 19.8 Å². The van der Waals surface area contributed by atoms with E-state index in [1.165, 1.54) is 6.07 Å². The van der Waals surface area contributed by atoms with E-state index in [4.69, 9.17) is 28.3 Å². The molecule has 0 aliphatic carbocycles. The van der Waals surface area contributed by atoms with E-state index < -0.39 is 22.0 Å². The highest BCUT2D eigenvalue weighted by Gasteiger charge is 2.27. The summed E-state index contributed by atoms with van der Waals surface area (Å²) in [6.07, 6.45) is 0.738. The van der Waals surface area contributed by atoms with Crippen molar-refractivity contribution in [3.05, 3.63) is 14.7 Å². The van der Waals surface area contributed by atoms with Crippen LogP contribution in [0.2, 0.25) is 8.67 Å². The summed E-state index contributed by atoms with van der Waals surface area (Å²) in [5.74, 6) is -1.22. The van der Waals surface area contributed by atoms with Gasteiger partial charge < -0.3 is 5.11 Å². The lowest BCUT2D eigenvalue weighted by Crippen LogP contribution is -2.40. The monoisotopic (exact) mass is 331 g/mol. The minimum atomic E-state index is -3.97. The summed E-state index contributed by atoms with van der Waals surface area (Å²) in [5.41, 5.74) is 0. The van der Waals surface area contributed by atoms with E-state index in [1.807, 2.05) is 0 Å². The second-order valence-electron chi connectivity index (χ2n) is 3.49. The van der Waals surface area contributed by atoms with Gasteiger partial charge in [-0.05, 0) is 12.5 Å². The summed E-state index contributed by atoms with van der Waals surface area (Å²) in [7, 11) is -3.97. The van der Waals surface area contributed by atoms with Crippen molar-refractivity contribution in [2.24, 2.45) is 0 Å². The average Bonchev–Trinajstić information content (AvgIpc) is 2.57. The van der Waals surface area contributed by atoms with Crippen LogP contribution in [-0.2, 0) is 14.8 Å². The second kappa shape index (κ2) is 6.21. The Morgan fingerprint density at radius 1 is 1.56 bits per heavy atom. The van der Waals surface area contributed by atoms with Crippen molar-refractivity contribution in [3.63, 3.8) is 0 Å². The smallest absolute Gasteiger partial charge is 0.321 e. The zero-order chi connectivity index (χ0) is 13.9. The molecule has 9 heteroatoms. The summed E-state index contributed by atoms with van der Waals surface area (Å²) in [4.78, 5) is 10.7. The fraction of sp³-hybridized carbons (Fsp3) is 0.444. The molecule has 0 radical (unpaired) electrons. The van der Waals surface area contributed by atoms with Crippen LogP contribution in [0.3, 0.4) is 0 Å². The average molecular weight is 332 g/mol. The molecule has 0 saturated carbocycles. The number of carboxylic acid groups (broad SMARTS) is 1. The first-order chi connectivity index (χ1) is 8.27. The normalized spacial score (nSPS) is 13.5. The van der Waals surface area contributed by atoms with Gasteiger partial charge in [0, 0.05) is 0 Å². The summed E-state index contributed by atoms with van der Waals surface area (Å²) in [6, 6.07) is 0.0246. The topological polar surface area (TPSA) is 83.5 Å². The number of carbonyl (C=O) groups is 1. The Labute approximate surface area is 119 Å². The molecule has 1 rings (SSSR count). The number of carboxylic acids is 1. The Hall–Kier alpha value is -0.340. The third-order valence-electron chi connectivity index (χ3n) is 2.09. The van der Waals surface area contributed by atoms with Crippen molar-refractivity contribution >= 4 is 50.5 Å². The van der Waals surface area contributed by atoms with Gasteiger partial charge in [-0.1, -0.05) is 36.5 Å². The highest BCUT2D eigenvalue weighted by molar-refractivity contribution is 7.89. The predicted molar refractivity (Wildman–Crippen MR) is 71.0 cm³/mol. The highest BCUT2D eigenvalue weighted by Crippen LogP contribution is 2.34. The van der Waals surface area contributed by atoms with Gasteiger partial charge in [0.25, 0.3) is 0 Å². The Morgan fingerprint density at radius 2 is 2.17 bits per heavy atom. The maximum absolute atomic E-state index is 11.9. The molecule has 1 aromatic rings. The second-order valence-corrected chi connectivity index (χ2v) is 7.46. The lowest BCUT2D eigenvalue weighted by Gasteiger charge is -2.13. The van der Waals surface area contributed by atoms with Crippen molar-refractivity contribution in [1.82, 2.24) is 4.72 Å². The molecule has 0 aromatic carbocycles. The van der Waals surface area contributed by atoms with E-state index in [9.17, 15) is 13.2 Å². The number of halogens is 2. The van der Waals surface area contributed by atoms with Gasteiger partial charge in [0.2, 0.25) is 10.0 Å². The van der Waals surface area contributed by atoms with Crippen LogP contribution in [0.5, 0.6) is 0 Å². The molecule has 0 bridgehead atoms. The molecule has 2 N–H and O–H groups in total. The van der Waals surface area contributed by atoms with E-state index in [0.717, 1.165) is 11.3 Å². The standard InChI is InChI=1S/C9H11Cl2NO4S2/c1-2-3-5(9(13)14)12-18(15,16)6-4-7(10)17-8(6)11/h4-5,12H,2-3H2,1H3,(H,13,14)/t5-/m1/s1. The van der Waals surface area contributed by atoms with Crippen molar-refractivity contribution in [2.45, 2.75) is 30.7 Å². The zero-order valence-corrected chi connectivity index (χ0v) is 12.5. The lowest BCUT2D eigenvalue weighted by molar-refractivity contribution is -0.139. The van der Waals surface area contributed by atoms with E-state index in [1.54, 1.807) is 6.92 Å². The number of hydrogen-bond acceptors (Lipinski definition) is 4. The van der Waals surface area contributed by atoms with Gasteiger partial charge in [0.05, 0.1) is 4.34 Å². The molecule has 102 valence electrons. The van der Waals surface area contributed by atoms with Gasteiger partial charge in [-0.25, -0.2) is 8.42 Å². The molecule has 1 aromatic heterocycles. The summed E-state index contributed by atoms with van der Waals surface area (Å²) in [5, 5.41) is 8.91. The fourth-order valence-corrected chi connectivity index (χ4v) is 4.65. The van der Waals surface area contributed by atoms with E-state index in [0.29, 0.717) is 6.42 Å². The molecular formula is C9H11Cl2NO4S2. The van der Waals surface area contributed by atoms with Crippen LogP contribution in [-0.4, -0.2) is 25.5 Å². The maximum Gasteiger partial charge on any atom is 0.321 e. The SMILES string of the molecule is CCC[C@@H](NS(=O)(=O)c1cc(Cl)sc1Cl)C(=O)O. The minimum absolute atomic E-state index is 0.00753. The van der Waals surface area contributed by atoms with Crippen molar-refractivity contribution in [2.75, 3.05) is 0 Å². The molecule has 0 aliphatic heterocycles. The highest BCUT2D eigenvalue weighted by atomic mass is 35.5. The van der Waals surface area contributed by atoms with Gasteiger partial charge in [0.15, 0.2) is 0 Å². The molecule has 0 fully saturated rings. The van der Waals surface area contributed by atoms with Crippen LogP contribution >= 0.6 is 34.5 Å². The molecule has 1 heterocycles. The van der Waals surface area contributed by atoms with Gasteiger partial charge in [-0.2, -0.15) is 4.72 Å². The number of hydrogen-bond donors (Lipinski definition) is 2. The number of aliphatic carboxylic acids is 1. The van der Waals surface area contributed by atoms with Crippen LogP contribution in [0.15, 0.2) is 11.0 Å². The zero-order valence-electron chi connectivity index (χ0n) is 9.31. The quantitative estimate of drug-likeness (QED) is 0.839. The molecule has 5 nitrogen and oxygen atoms in total. The molecule has 0 saturated heterocycles. The first-order valence-corrected chi connectivity index (χ1v) is 8.03. The third-order valence-corrected chi connectivity index (χ3v) is 5.31. The molecule has 1 atom stereocenters.